The van der Waals surface area contributed by atoms with Gasteiger partial charge in [-0.25, -0.2) is 13.2 Å². The fraction of sp³-hybridized carbons (Fsp3) is 0.0870. The van der Waals surface area contributed by atoms with E-state index < -0.39 is 41.5 Å². The summed E-state index contributed by atoms with van der Waals surface area (Å²) in [6, 6.07) is 10.3. The highest BCUT2D eigenvalue weighted by atomic mass is 127. The number of rotatable bonds is 7. The average molecular weight is 611 g/mol. The molecule has 12 heteroatoms. The fourth-order valence-corrected chi connectivity index (χ4v) is 4.61. The van der Waals surface area contributed by atoms with Gasteiger partial charge in [-0.2, -0.15) is 0 Å². The van der Waals surface area contributed by atoms with E-state index in [0.717, 1.165) is 16.4 Å². The Morgan fingerprint density at radius 3 is 2.57 bits per heavy atom. The van der Waals surface area contributed by atoms with Crippen LogP contribution in [0.15, 0.2) is 67.0 Å². The van der Waals surface area contributed by atoms with Gasteiger partial charge in [0, 0.05) is 27.6 Å². The number of hydrogen-bond acceptors (Lipinski definition) is 5. The van der Waals surface area contributed by atoms with Crippen molar-refractivity contribution in [1.29, 1.82) is 0 Å². The normalized spacial score (nSPS) is 12.8. The molecule has 1 heterocycles. The topological polar surface area (TPSA) is 98.2 Å². The van der Waals surface area contributed by atoms with Crippen molar-refractivity contribution >= 4 is 62.2 Å². The van der Waals surface area contributed by atoms with Crippen LogP contribution in [0.5, 0.6) is 0 Å². The molecular weight excluding hydrogens is 596 g/mol. The number of benzene rings is 3. The maximum atomic E-state index is 14.2. The highest BCUT2D eigenvalue weighted by Crippen LogP contribution is 2.35. The Morgan fingerprint density at radius 1 is 1.09 bits per heavy atom. The lowest BCUT2D eigenvalue weighted by molar-refractivity contribution is 0.0929. The summed E-state index contributed by atoms with van der Waals surface area (Å²) in [4.78, 5) is 21.6. The van der Waals surface area contributed by atoms with Crippen molar-refractivity contribution in [2.45, 2.75) is 6.04 Å². The molecule has 2 atom stereocenters. The summed E-state index contributed by atoms with van der Waals surface area (Å²) in [7, 11) is 0. The molecule has 1 amide bonds. The number of carbonyl (C=O) groups is 1. The van der Waals surface area contributed by atoms with Gasteiger partial charge in [0.05, 0.1) is 39.8 Å². The molecule has 1 aromatic heterocycles. The lowest BCUT2D eigenvalue weighted by Gasteiger charge is -2.29. The summed E-state index contributed by atoms with van der Waals surface area (Å²) >= 11 is -0.940. The molecule has 35 heavy (non-hydrogen) atoms. The molecule has 0 radical (unpaired) electrons. The standard InChI is InChI=1S/C23H16F3IN4O3S/c24-12-19(15-6-4-13(25)10-17(15)26)30-23(32)16-7-5-14(27)11-21(16)31(35(33)34)20-3-1-2-18-22(20)29-9-8-28-18/h1-11,19H,12H2,(H,30,32)(H,33,34)/p-1. The molecule has 0 bridgehead atoms. The number of aromatic nitrogens is 2. The van der Waals surface area contributed by atoms with Crippen LogP contribution in [-0.4, -0.2) is 31.3 Å². The number of alkyl halides is 1. The number of carbonyl (C=O) groups excluding carboxylic acids is 1. The molecule has 1 N–H and O–H groups in total. The van der Waals surface area contributed by atoms with Crippen LogP contribution in [0.1, 0.15) is 22.0 Å². The van der Waals surface area contributed by atoms with Gasteiger partial charge in [0.25, 0.3) is 5.91 Å². The van der Waals surface area contributed by atoms with Crippen LogP contribution in [-0.2, 0) is 11.3 Å². The van der Waals surface area contributed by atoms with Crippen LogP contribution in [0.25, 0.3) is 11.0 Å². The monoisotopic (exact) mass is 611 g/mol. The van der Waals surface area contributed by atoms with Gasteiger partial charge in [-0.15, -0.1) is 0 Å². The van der Waals surface area contributed by atoms with E-state index in [2.05, 4.69) is 15.3 Å². The molecular formula is C23H15F3IN4O3S-. The SMILES string of the molecule is O=C(NC(CF)c1ccc(F)cc1F)c1ccc(I)cc1N(c1cccc2nccnc12)S(=O)[O-]. The first-order valence-corrected chi connectivity index (χ1v) is 12.1. The van der Waals surface area contributed by atoms with Crippen LogP contribution >= 0.6 is 22.6 Å². The number of anilines is 2. The summed E-state index contributed by atoms with van der Waals surface area (Å²) in [5, 5.41) is 2.37. The van der Waals surface area contributed by atoms with Gasteiger partial charge < -0.3 is 9.87 Å². The summed E-state index contributed by atoms with van der Waals surface area (Å²) in [5.41, 5.74) is 0.463. The number of halogens is 4. The Labute approximate surface area is 214 Å². The predicted molar refractivity (Wildman–Crippen MR) is 132 cm³/mol. The van der Waals surface area contributed by atoms with Crippen molar-refractivity contribution in [2.75, 3.05) is 11.0 Å². The van der Waals surface area contributed by atoms with Crippen molar-refractivity contribution in [2.24, 2.45) is 0 Å². The molecule has 0 aliphatic carbocycles. The van der Waals surface area contributed by atoms with E-state index in [1.165, 1.54) is 30.6 Å². The maximum absolute atomic E-state index is 14.2. The number of amides is 1. The van der Waals surface area contributed by atoms with Gasteiger partial charge in [-0.05, 0) is 59.0 Å². The van der Waals surface area contributed by atoms with Crippen LogP contribution in [0.2, 0.25) is 0 Å². The van der Waals surface area contributed by atoms with E-state index in [-0.39, 0.29) is 28.0 Å². The maximum Gasteiger partial charge on any atom is 0.254 e. The summed E-state index contributed by atoms with van der Waals surface area (Å²) in [5.74, 6) is -2.72. The van der Waals surface area contributed by atoms with Crippen LogP contribution < -0.4 is 9.62 Å². The van der Waals surface area contributed by atoms with Gasteiger partial charge in [0.15, 0.2) is 0 Å². The van der Waals surface area contributed by atoms with E-state index in [1.807, 2.05) is 22.6 Å². The molecule has 0 spiro atoms. The molecule has 2 unspecified atom stereocenters. The van der Waals surface area contributed by atoms with Crippen LogP contribution in [0.4, 0.5) is 24.5 Å². The third kappa shape index (κ3) is 5.28. The largest absolute Gasteiger partial charge is 0.755 e. The molecule has 4 rings (SSSR count). The Hall–Kier alpha value is -3.10. The second-order valence-corrected chi connectivity index (χ2v) is 9.27. The molecule has 4 aromatic rings. The zero-order chi connectivity index (χ0) is 25.1. The van der Waals surface area contributed by atoms with E-state index in [4.69, 9.17) is 0 Å². The minimum absolute atomic E-state index is 0.0296. The van der Waals surface area contributed by atoms with E-state index in [1.54, 1.807) is 18.2 Å². The molecule has 0 fully saturated rings. The third-order valence-corrected chi connectivity index (χ3v) is 6.43. The number of nitrogens with one attached hydrogen (secondary N) is 1. The quantitative estimate of drug-likeness (QED) is 0.237. The molecule has 0 saturated carbocycles. The lowest BCUT2D eigenvalue weighted by Crippen LogP contribution is -2.32. The van der Waals surface area contributed by atoms with Gasteiger partial charge >= 0.3 is 0 Å². The number of fused-ring (bicyclic) bond motifs is 1. The Bertz CT molecular complexity index is 1440. The van der Waals surface area contributed by atoms with Crippen LogP contribution in [0, 0.1) is 15.2 Å². The number of para-hydroxylation sites is 1. The predicted octanol–water partition coefficient (Wildman–Crippen LogP) is 4.89. The zero-order valence-electron chi connectivity index (χ0n) is 17.6. The highest BCUT2D eigenvalue weighted by molar-refractivity contribution is 14.1. The summed E-state index contributed by atoms with van der Waals surface area (Å²) in [6.07, 6.45) is 2.86. The van der Waals surface area contributed by atoms with Crippen molar-refractivity contribution in [3.8, 4) is 0 Å². The van der Waals surface area contributed by atoms with Crippen molar-refractivity contribution in [3.05, 3.63) is 93.3 Å². The summed E-state index contributed by atoms with van der Waals surface area (Å²) < 4.78 is 67.6. The number of hydrogen-bond donors (Lipinski definition) is 1. The van der Waals surface area contributed by atoms with Gasteiger partial charge in [0.2, 0.25) is 0 Å². The first-order chi connectivity index (χ1) is 16.8. The van der Waals surface area contributed by atoms with Crippen molar-refractivity contribution in [3.63, 3.8) is 0 Å². The van der Waals surface area contributed by atoms with E-state index >= 15 is 0 Å². The Kier molecular flexibility index (Phi) is 7.62. The van der Waals surface area contributed by atoms with Crippen molar-refractivity contribution in [1.82, 2.24) is 15.3 Å². The molecule has 7 nitrogen and oxygen atoms in total. The first kappa shape index (κ1) is 25.0. The van der Waals surface area contributed by atoms with Crippen LogP contribution in [0.3, 0.4) is 0 Å². The fourth-order valence-electron chi connectivity index (χ4n) is 3.52. The minimum Gasteiger partial charge on any atom is -0.755 e. The first-order valence-electron chi connectivity index (χ1n) is 10.0. The Balaban J connectivity index is 1.79. The molecule has 0 aliphatic rings. The second kappa shape index (κ2) is 10.7. The second-order valence-electron chi connectivity index (χ2n) is 7.22. The summed E-state index contributed by atoms with van der Waals surface area (Å²) in [6.45, 7) is -1.18. The zero-order valence-corrected chi connectivity index (χ0v) is 20.6. The van der Waals surface area contributed by atoms with E-state index in [9.17, 15) is 26.7 Å². The molecule has 0 saturated heterocycles. The molecule has 180 valence electrons. The Morgan fingerprint density at radius 2 is 1.86 bits per heavy atom. The number of nitrogens with zero attached hydrogens (tertiary/aromatic N) is 3. The highest BCUT2D eigenvalue weighted by Gasteiger charge is 2.25. The van der Waals surface area contributed by atoms with Gasteiger partial charge in [0.1, 0.15) is 23.8 Å². The average Bonchev–Trinajstić information content (AvgIpc) is 2.83. The minimum atomic E-state index is -2.90. The van der Waals surface area contributed by atoms with E-state index in [0.29, 0.717) is 15.2 Å². The molecule has 3 aromatic carbocycles. The van der Waals surface area contributed by atoms with Gasteiger partial charge in [-0.1, -0.05) is 12.1 Å². The van der Waals surface area contributed by atoms with Gasteiger partial charge in [-0.3, -0.25) is 23.3 Å². The smallest absolute Gasteiger partial charge is 0.254 e. The molecule has 0 aliphatic heterocycles. The van der Waals surface area contributed by atoms with Crippen molar-refractivity contribution < 1.29 is 26.7 Å². The third-order valence-electron chi connectivity index (χ3n) is 5.07. The lowest BCUT2D eigenvalue weighted by atomic mass is 10.1.